The predicted molar refractivity (Wildman–Crippen MR) is 45.7 cm³/mol. The lowest BCUT2D eigenvalue weighted by Crippen LogP contribution is -2.48. The number of rotatable bonds is 3. The highest BCUT2D eigenvalue weighted by molar-refractivity contribution is 6.29. The summed E-state index contributed by atoms with van der Waals surface area (Å²) in [6, 6.07) is 0. The van der Waals surface area contributed by atoms with Crippen molar-refractivity contribution in [2.75, 3.05) is 6.54 Å². The molecule has 1 rings (SSSR count). The molecule has 1 N–H and O–H groups in total. The Kier molecular flexibility index (Phi) is 2.91. The Bertz CT molecular complexity index is 242. The Balaban J connectivity index is 2.36. The summed E-state index contributed by atoms with van der Waals surface area (Å²) in [6.45, 7) is 3.38. The van der Waals surface area contributed by atoms with Crippen LogP contribution in [0, 0.1) is 5.92 Å². The summed E-state index contributed by atoms with van der Waals surface area (Å²) >= 11 is 5.36. The third-order valence-corrected chi connectivity index (χ3v) is 2.18. The number of halogens is 3. The van der Waals surface area contributed by atoms with E-state index in [2.05, 4.69) is 11.9 Å². The van der Waals surface area contributed by atoms with E-state index >= 15 is 0 Å². The molecule has 1 fully saturated rings. The number of hydrogen-bond donors (Lipinski definition) is 1. The normalized spacial score (nSPS) is 24.7. The zero-order valence-corrected chi connectivity index (χ0v) is 7.70. The van der Waals surface area contributed by atoms with Crippen molar-refractivity contribution in [2.45, 2.75) is 18.8 Å². The summed E-state index contributed by atoms with van der Waals surface area (Å²) in [5, 5.41) is 2.52. The van der Waals surface area contributed by atoms with Crippen molar-refractivity contribution < 1.29 is 13.6 Å². The minimum atomic E-state index is -2.84. The van der Waals surface area contributed by atoms with Gasteiger partial charge in [0.1, 0.15) is 5.92 Å². The molecule has 0 saturated heterocycles. The molecule has 1 aliphatic rings. The van der Waals surface area contributed by atoms with Crippen LogP contribution < -0.4 is 5.32 Å². The summed E-state index contributed by atoms with van der Waals surface area (Å²) in [7, 11) is 0. The van der Waals surface area contributed by atoms with Crippen LogP contribution in [-0.4, -0.2) is 18.4 Å². The van der Waals surface area contributed by atoms with Gasteiger partial charge < -0.3 is 5.32 Å². The van der Waals surface area contributed by atoms with Crippen molar-refractivity contribution in [3.8, 4) is 0 Å². The Morgan fingerprint density at radius 2 is 2.31 bits per heavy atom. The van der Waals surface area contributed by atoms with Gasteiger partial charge in [-0.3, -0.25) is 4.79 Å². The molecule has 1 aliphatic carbocycles. The molecule has 1 saturated carbocycles. The number of hydrogen-bond acceptors (Lipinski definition) is 1. The summed E-state index contributed by atoms with van der Waals surface area (Å²) in [4.78, 5) is 11.1. The van der Waals surface area contributed by atoms with Crippen LogP contribution >= 0.6 is 11.6 Å². The Hall–Kier alpha value is -0.640. The first-order valence-corrected chi connectivity index (χ1v) is 4.30. The fourth-order valence-electron chi connectivity index (χ4n) is 1.14. The molecule has 1 unspecified atom stereocenters. The van der Waals surface area contributed by atoms with Crippen LogP contribution in [0.1, 0.15) is 12.8 Å². The minimum Gasteiger partial charge on any atom is -0.351 e. The summed E-state index contributed by atoms with van der Waals surface area (Å²) in [6.07, 6.45) is 0.0422. The molecule has 0 bridgehead atoms. The van der Waals surface area contributed by atoms with E-state index in [4.69, 9.17) is 11.6 Å². The number of carbonyl (C=O) groups is 1. The molecule has 5 heteroatoms. The number of alkyl halides is 2. The van der Waals surface area contributed by atoms with E-state index in [1.807, 2.05) is 0 Å². The summed E-state index contributed by atoms with van der Waals surface area (Å²) in [5.74, 6) is -4.65. The third kappa shape index (κ3) is 2.40. The first-order chi connectivity index (χ1) is 5.93. The van der Waals surface area contributed by atoms with Gasteiger partial charge in [0, 0.05) is 11.5 Å². The molecule has 0 spiro atoms. The van der Waals surface area contributed by atoms with Crippen LogP contribution in [0.2, 0.25) is 0 Å². The molecular formula is C8H10ClF2NO. The van der Waals surface area contributed by atoms with Gasteiger partial charge in [-0.15, -0.1) is 0 Å². The van der Waals surface area contributed by atoms with Gasteiger partial charge in [-0.25, -0.2) is 8.78 Å². The molecule has 1 amide bonds. The van der Waals surface area contributed by atoms with Gasteiger partial charge in [0.15, 0.2) is 0 Å². The molecule has 0 aliphatic heterocycles. The zero-order chi connectivity index (χ0) is 10.1. The van der Waals surface area contributed by atoms with Gasteiger partial charge in [0.2, 0.25) is 5.91 Å². The number of carbonyl (C=O) groups excluding carboxylic acids is 1. The van der Waals surface area contributed by atoms with Crippen molar-refractivity contribution in [1.82, 2.24) is 5.32 Å². The lowest BCUT2D eigenvalue weighted by molar-refractivity contribution is -0.162. The van der Waals surface area contributed by atoms with E-state index in [0.717, 1.165) is 0 Å². The largest absolute Gasteiger partial charge is 0.351 e. The Morgan fingerprint density at radius 3 is 2.62 bits per heavy atom. The van der Waals surface area contributed by atoms with E-state index in [0.29, 0.717) is 0 Å². The third-order valence-electron chi connectivity index (χ3n) is 2.05. The molecule has 0 aromatic rings. The van der Waals surface area contributed by atoms with Gasteiger partial charge >= 0.3 is 0 Å². The van der Waals surface area contributed by atoms with Crippen molar-refractivity contribution in [3.05, 3.63) is 11.6 Å². The lowest BCUT2D eigenvalue weighted by Gasteiger charge is -2.34. The van der Waals surface area contributed by atoms with Crippen LogP contribution in [-0.2, 0) is 4.79 Å². The maximum Gasteiger partial charge on any atom is 0.259 e. The van der Waals surface area contributed by atoms with Gasteiger partial charge in [0.25, 0.3) is 5.92 Å². The molecule has 0 aromatic carbocycles. The Labute approximate surface area is 79.9 Å². The van der Waals surface area contributed by atoms with Gasteiger partial charge in [-0.05, 0) is 6.42 Å². The van der Waals surface area contributed by atoms with Crippen molar-refractivity contribution in [3.63, 3.8) is 0 Å². The maximum absolute atomic E-state index is 12.7. The molecule has 2 nitrogen and oxygen atoms in total. The van der Waals surface area contributed by atoms with Gasteiger partial charge in [0.05, 0.1) is 6.54 Å². The van der Waals surface area contributed by atoms with Gasteiger partial charge in [-0.2, -0.15) is 0 Å². The monoisotopic (exact) mass is 209 g/mol. The summed E-state index contributed by atoms with van der Waals surface area (Å²) in [5.41, 5.74) is 0. The maximum atomic E-state index is 12.7. The molecule has 0 radical (unpaired) electrons. The molecule has 0 aromatic heterocycles. The highest BCUT2D eigenvalue weighted by atomic mass is 35.5. The average Bonchev–Trinajstić information content (AvgIpc) is 1.99. The second kappa shape index (κ2) is 3.62. The number of amides is 1. The number of nitrogens with one attached hydrogen (secondary N) is 1. The first kappa shape index (κ1) is 10.4. The predicted octanol–water partition coefficient (Wildman–Crippen LogP) is 1.90. The molecule has 13 heavy (non-hydrogen) atoms. The SMILES string of the molecule is C=C(Cl)CNC(=O)C1CCC1(F)F. The molecular weight excluding hydrogens is 200 g/mol. The van der Waals surface area contributed by atoms with E-state index < -0.39 is 17.7 Å². The highest BCUT2D eigenvalue weighted by Crippen LogP contribution is 2.43. The average molecular weight is 210 g/mol. The van der Waals surface area contributed by atoms with Crippen LogP contribution in [0.5, 0.6) is 0 Å². The molecule has 0 heterocycles. The fourth-order valence-corrected chi connectivity index (χ4v) is 1.20. The topological polar surface area (TPSA) is 29.1 Å². The minimum absolute atomic E-state index is 0.0486. The summed E-state index contributed by atoms with van der Waals surface area (Å²) < 4.78 is 25.3. The smallest absolute Gasteiger partial charge is 0.259 e. The van der Waals surface area contributed by atoms with Crippen LogP contribution in [0.3, 0.4) is 0 Å². The standard InChI is InChI=1S/C8H10ClF2NO/c1-5(9)4-12-7(13)6-2-3-8(6,10)11/h6H,1-4H2,(H,12,13). The first-order valence-electron chi connectivity index (χ1n) is 3.92. The lowest BCUT2D eigenvalue weighted by atomic mass is 9.80. The van der Waals surface area contributed by atoms with Crippen LogP contribution in [0.4, 0.5) is 8.78 Å². The Morgan fingerprint density at radius 1 is 1.69 bits per heavy atom. The van der Waals surface area contributed by atoms with E-state index in [9.17, 15) is 13.6 Å². The van der Waals surface area contributed by atoms with E-state index in [1.165, 1.54) is 0 Å². The van der Waals surface area contributed by atoms with Crippen molar-refractivity contribution in [1.29, 1.82) is 0 Å². The van der Waals surface area contributed by atoms with Crippen molar-refractivity contribution >= 4 is 17.5 Å². The van der Waals surface area contributed by atoms with Gasteiger partial charge in [-0.1, -0.05) is 18.2 Å². The highest BCUT2D eigenvalue weighted by Gasteiger charge is 2.52. The second-order valence-corrected chi connectivity index (χ2v) is 3.62. The quantitative estimate of drug-likeness (QED) is 0.756. The molecule has 74 valence electrons. The zero-order valence-electron chi connectivity index (χ0n) is 6.95. The molecule has 1 atom stereocenters. The second-order valence-electron chi connectivity index (χ2n) is 3.09. The van der Waals surface area contributed by atoms with E-state index in [1.54, 1.807) is 0 Å². The van der Waals surface area contributed by atoms with Crippen LogP contribution in [0.15, 0.2) is 11.6 Å². The van der Waals surface area contributed by atoms with Crippen LogP contribution in [0.25, 0.3) is 0 Å². The van der Waals surface area contributed by atoms with Crippen molar-refractivity contribution in [2.24, 2.45) is 5.92 Å². The van der Waals surface area contributed by atoms with E-state index in [-0.39, 0.29) is 24.4 Å². The fraction of sp³-hybridized carbons (Fsp3) is 0.625.